The predicted octanol–water partition coefficient (Wildman–Crippen LogP) is 2.33. The molecule has 1 aromatic heterocycles. The number of benzene rings is 1. The van der Waals surface area contributed by atoms with E-state index in [9.17, 15) is 4.79 Å². The van der Waals surface area contributed by atoms with Gasteiger partial charge < -0.3 is 9.47 Å². The van der Waals surface area contributed by atoms with Crippen LogP contribution in [0.25, 0.3) is 11.3 Å². The summed E-state index contributed by atoms with van der Waals surface area (Å²) < 4.78 is 10.0. The van der Waals surface area contributed by atoms with Crippen molar-refractivity contribution in [2.75, 3.05) is 13.7 Å². The zero-order chi connectivity index (χ0) is 13.7. The lowest BCUT2D eigenvalue weighted by molar-refractivity contribution is 0.0525. The van der Waals surface area contributed by atoms with Crippen LogP contribution in [-0.2, 0) is 4.74 Å². The van der Waals surface area contributed by atoms with E-state index in [1.54, 1.807) is 20.1 Å². The van der Waals surface area contributed by atoms with Crippen LogP contribution in [0.2, 0.25) is 0 Å². The molecule has 5 nitrogen and oxygen atoms in total. The summed E-state index contributed by atoms with van der Waals surface area (Å²) in [6.07, 6.45) is 1.39. The summed E-state index contributed by atoms with van der Waals surface area (Å²) in [6.45, 7) is 2.09. The average molecular weight is 258 g/mol. The van der Waals surface area contributed by atoms with Gasteiger partial charge in [0, 0.05) is 5.56 Å². The second-order valence-electron chi connectivity index (χ2n) is 3.78. The number of hydrogen-bond donors (Lipinski definition) is 0. The van der Waals surface area contributed by atoms with Crippen molar-refractivity contribution >= 4 is 5.97 Å². The fourth-order valence-electron chi connectivity index (χ4n) is 1.60. The highest BCUT2D eigenvalue weighted by molar-refractivity contribution is 5.90. The van der Waals surface area contributed by atoms with Crippen molar-refractivity contribution in [2.24, 2.45) is 0 Å². The lowest BCUT2D eigenvalue weighted by atomic mass is 10.1. The van der Waals surface area contributed by atoms with Crippen molar-refractivity contribution in [3.8, 4) is 17.0 Å². The molecule has 98 valence electrons. The number of methoxy groups -OCH3 is 1. The minimum absolute atomic E-state index is 0.332. The maximum atomic E-state index is 11.6. The van der Waals surface area contributed by atoms with Gasteiger partial charge in [0.1, 0.15) is 5.75 Å². The summed E-state index contributed by atoms with van der Waals surface area (Å²) in [4.78, 5) is 11.6. The number of ether oxygens (including phenoxy) is 2. The molecule has 0 N–H and O–H groups in total. The topological polar surface area (TPSA) is 61.3 Å². The van der Waals surface area contributed by atoms with Gasteiger partial charge in [-0.05, 0) is 37.3 Å². The lowest BCUT2D eigenvalue weighted by Crippen LogP contribution is -2.06. The van der Waals surface area contributed by atoms with Crippen molar-refractivity contribution in [3.05, 3.63) is 42.1 Å². The second-order valence-corrected chi connectivity index (χ2v) is 3.78. The molecule has 0 saturated carbocycles. The first-order valence-corrected chi connectivity index (χ1v) is 5.89. The van der Waals surface area contributed by atoms with Gasteiger partial charge in [-0.1, -0.05) is 0 Å². The van der Waals surface area contributed by atoms with Gasteiger partial charge in [-0.2, -0.15) is 10.2 Å². The van der Waals surface area contributed by atoms with Crippen LogP contribution in [0.5, 0.6) is 5.75 Å². The molecule has 2 rings (SSSR count). The van der Waals surface area contributed by atoms with Crippen molar-refractivity contribution < 1.29 is 14.3 Å². The fraction of sp³-hybridized carbons (Fsp3) is 0.214. The van der Waals surface area contributed by atoms with Crippen LogP contribution in [0.15, 0.2) is 36.5 Å². The van der Waals surface area contributed by atoms with E-state index >= 15 is 0 Å². The molecule has 0 unspecified atom stereocenters. The van der Waals surface area contributed by atoms with Crippen LogP contribution >= 0.6 is 0 Å². The Morgan fingerprint density at radius 2 is 2.00 bits per heavy atom. The first-order chi connectivity index (χ1) is 9.24. The first kappa shape index (κ1) is 13.0. The van der Waals surface area contributed by atoms with E-state index in [-0.39, 0.29) is 0 Å². The van der Waals surface area contributed by atoms with Gasteiger partial charge in [-0.25, -0.2) is 4.79 Å². The number of aromatic nitrogens is 2. The maximum Gasteiger partial charge on any atom is 0.339 e. The molecule has 0 fully saturated rings. The molecule has 1 aromatic carbocycles. The van der Waals surface area contributed by atoms with Crippen LogP contribution in [0, 0.1) is 0 Å². The van der Waals surface area contributed by atoms with Gasteiger partial charge in [0.05, 0.1) is 31.2 Å². The van der Waals surface area contributed by atoms with E-state index in [0.717, 1.165) is 11.3 Å². The van der Waals surface area contributed by atoms with Gasteiger partial charge in [-0.15, -0.1) is 0 Å². The molecule has 0 aliphatic rings. The molecule has 1 heterocycles. The van der Waals surface area contributed by atoms with Crippen LogP contribution in [0.4, 0.5) is 0 Å². The third-order valence-electron chi connectivity index (χ3n) is 2.55. The standard InChI is InChI=1S/C14H14N2O3/c1-3-19-14(17)11-8-13(16-15-9-11)10-4-6-12(18-2)7-5-10/h4-9H,3H2,1-2H3. The highest BCUT2D eigenvalue weighted by Gasteiger charge is 2.09. The van der Waals surface area contributed by atoms with Gasteiger partial charge >= 0.3 is 5.97 Å². The SMILES string of the molecule is CCOC(=O)c1cnnc(-c2ccc(OC)cc2)c1. The normalized spacial score (nSPS) is 10.0. The summed E-state index contributed by atoms with van der Waals surface area (Å²) in [7, 11) is 1.61. The van der Waals surface area contributed by atoms with Crippen molar-refractivity contribution in [3.63, 3.8) is 0 Å². The minimum Gasteiger partial charge on any atom is -0.497 e. The molecule has 0 bridgehead atoms. The first-order valence-electron chi connectivity index (χ1n) is 5.89. The number of nitrogens with zero attached hydrogens (tertiary/aromatic N) is 2. The Hall–Kier alpha value is -2.43. The van der Waals surface area contributed by atoms with E-state index in [1.165, 1.54) is 6.20 Å². The Kier molecular flexibility index (Phi) is 4.07. The lowest BCUT2D eigenvalue weighted by Gasteiger charge is -2.04. The molecular weight excluding hydrogens is 244 g/mol. The van der Waals surface area contributed by atoms with Gasteiger partial charge in [-0.3, -0.25) is 0 Å². The fourth-order valence-corrected chi connectivity index (χ4v) is 1.60. The number of esters is 1. The molecule has 0 aliphatic heterocycles. The quantitative estimate of drug-likeness (QED) is 0.788. The highest BCUT2D eigenvalue weighted by atomic mass is 16.5. The largest absolute Gasteiger partial charge is 0.497 e. The summed E-state index contributed by atoms with van der Waals surface area (Å²) in [5, 5.41) is 7.83. The molecular formula is C14H14N2O3. The number of carbonyl (C=O) groups excluding carboxylic acids is 1. The maximum absolute atomic E-state index is 11.6. The Morgan fingerprint density at radius 1 is 1.26 bits per heavy atom. The molecule has 0 spiro atoms. The van der Waals surface area contributed by atoms with Crippen LogP contribution in [0.1, 0.15) is 17.3 Å². The van der Waals surface area contributed by atoms with Crippen molar-refractivity contribution in [2.45, 2.75) is 6.92 Å². The number of rotatable bonds is 4. The van der Waals surface area contributed by atoms with E-state index in [2.05, 4.69) is 10.2 Å². The molecule has 0 saturated heterocycles. The van der Waals surface area contributed by atoms with Crippen LogP contribution in [-0.4, -0.2) is 29.9 Å². The Bertz CT molecular complexity index is 567. The van der Waals surface area contributed by atoms with E-state index in [1.807, 2.05) is 24.3 Å². The molecule has 0 radical (unpaired) electrons. The molecule has 19 heavy (non-hydrogen) atoms. The zero-order valence-corrected chi connectivity index (χ0v) is 10.8. The molecule has 5 heteroatoms. The summed E-state index contributed by atoms with van der Waals surface area (Å²) in [5.41, 5.74) is 1.87. The third-order valence-corrected chi connectivity index (χ3v) is 2.55. The smallest absolute Gasteiger partial charge is 0.339 e. The number of carbonyl (C=O) groups is 1. The molecule has 0 amide bonds. The zero-order valence-electron chi connectivity index (χ0n) is 10.8. The highest BCUT2D eigenvalue weighted by Crippen LogP contribution is 2.20. The minimum atomic E-state index is -0.396. The third kappa shape index (κ3) is 3.07. The van der Waals surface area contributed by atoms with Crippen LogP contribution in [0.3, 0.4) is 0 Å². The molecule has 2 aromatic rings. The monoisotopic (exact) mass is 258 g/mol. The van der Waals surface area contributed by atoms with Crippen molar-refractivity contribution in [1.29, 1.82) is 0 Å². The van der Waals surface area contributed by atoms with E-state index < -0.39 is 5.97 Å². The van der Waals surface area contributed by atoms with Gasteiger partial charge in [0.25, 0.3) is 0 Å². The summed E-state index contributed by atoms with van der Waals surface area (Å²) in [5.74, 6) is 0.366. The van der Waals surface area contributed by atoms with E-state index in [0.29, 0.717) is 17.9 Å². The van der Waals surface area contributed by atoms with E-state index in [4.69, 9.17) is 9.47 Å². The predicted molar refractivity (Wildman–Crippen MR) is 70.0 cm³/mol. The Labute approximate surface area is 111 Å². The Balaban J connectivity index is 2.29. The van der Waals surface area contributed by atoms with Gasteiger partial charge in [0.2, 0.25) is 0 Å². The average Bonchev–Trinajstić information content (AvgIpc) is 2.48. The van der Waals surface area contributed by atoms with Gasteiger partial charge in [0.15, 0.2) is 0 Å². The van der Waals surface area contributed by atoms with Crippen LogP contribution < -0.4 is 4.74 Å². The second kappa shape index (κ2) is 5.95. The van der Waals surface area contributed by atoms with Crippen molar-refractivity contribution in [1.82, 2.24) is 10.2 Å². The number of hydrogen-bond acceptors (Lipinski definition) is 5. The summed E-state index contributed by atoms with van der Waals surface area (Å²) in [6, 6.07) is 9.03. The summed E-state index contributed by atoms with van der Waals surface area (Å²) >= 11 is 0. The molecule has 0 atom stereocenters. The molecule has 0 aliphatic carbocycles. The Morgan fingerprint density at radius 3 is 2.63 bits per heavy atom.